The molecule has 0 spiro atoms. The largest absolute Gasteiger partial charge is 0.495 e. The third-order valence-electron chi connectivity index (χ3n) is 2.57. The number of nitrogens with two attached hydrogens (primary N) is 1. The highest BCUT2D eigenvalue weighted by atomic mass is 79.9. The highest BCUT2D eigenvalue weighted by molar-refractivity contribution is 9.11. The first-order chi connectivity index (χ1) is 9.42. The van der Waals surface area contributed by atoms with Gasteiger partial charge < -0.3 is 15.8 Å². The summed E-state index contributed by atoms with van der Waals surface area (Å²) in [6.45, 7) is 0. The molecule has 106 valence electrons. The van der Waals surface area contributed by atoms with Gasteiger partial charge >= 0.3 is 0 Å². The van der Waals surface area contributed by atoms with Crippen LogP contribution in [0.4, 0.5) is 17.1 Å². The third kappa shape index (κ3) is 3.34. The Kier molecular flexibility index (Phi) is 5.07. The molecule has 0 aromatic heterocycles. The van der Waals surface area contributed by atoms with Gasteiger partial charge in [-0.1, -0.05) is 23.2 Å². The summed E-state index contributed by atoms with van der Waals surface area (Å²) in [5, 5.41) is 4.07. The molecule has 0 fully saturated rings. The van der Waals surface area contributed by atoms with Gasteiger partial charge in [-0.25, -0.2) is 0 Å². The average Bonchev–Trinajstić information content (AvgIpc) is 2.35. The van der Waals surface area contributed by atoms with Crippen molar-refractivity contribution in [1.29, 1.82) is 0 Å². The van der Waals surface area contributed by atoms with Crippen molar-refractivity contribution >= 4 is 72.1 Å². The maximum atomic E-state index is 6.16. The number of hydrogen-bond acceptors (Lipinski definition) is 3. The summed E-state index contributed by atoms with van der Waals surface area (Å²) >= 11 is 19.2. The summed E-state index contributed by atoms with van der Waals surface area (Å²) < 4.78 is 6.95. The zero-order chi connectivity index (χ0) is 14.9. The Morgan fingerprint density at radius 1 is 1.05 bits per heavy atom. The molecule has 0 heterocycles. The average molecular weight is 441 g/mol. The van der Waals surface area contributed by atoms with Crippen molar-refractivity contribution in [1.82, 2.24) is 0 Å². The van der Waals surface area contributed by atoms with Gasteiger partial charge in [0.2, 0.25) is 0 Å². The molecule has 2 aromatic rings. The number of anilines is 3. The first kappa shape index (κ1) is 15.8. The second-order valence-electron chi connectivity index (χ2n) is 3.95. The summed E-state index contributed by atoms with van der Waals surface area (Å²) in [6.07, 6.45) is 0. The van der Waals surface area contributed by atoms with E-state index >= 15 is 0 Å². The van der Waals surface area contributed by atoms with Crippen LogP contribution in [0.3, 0.4) is 0 Å². The standard InChI is InChI=1S/C13H10Br2Cl2N2O/c1-20-12-5-11(7(14)4-8(12)15)19-13-9(16)2-6(18)3-10(13)17/h2-5,19H,18H2,1H3. The predicted molar refractivity (Wildman–Crippen MR) is 92.6 cm³/mol. The van der Waals surface area contributed by atoms with Gasteiger partial charge in [0.25, 0.3) is 0 Å². The second-order valence-corrected chi connectivity index (χ2v) is 6.47. The number of ether oxygens (including phenoxy) is 1. The highest BCUT2D eigenvalue weighted by Crippen LogP contribution is 2.40. The van der Waals surface area contributed by atoms with E-state index in [2.05, 4.69) is 37.2 Å². The van der Waals surface area contributed by atoms with Crippen molar-refractivity contribution in [2.75, 3.05) is 18.2 Å². The van der Waals surface area contributed by atoms with Gasteiger partial charge in [0, 0.05) is 16.2 Å². The Bertz CT molecular complexity index is 642. The zero-order valence-electron chi connectivity index (χ0n) is 10.3. The Labute approximate surface area is 143 Å². The van der Waals surface area contributed by atoms with E-state index in [0.29, 0.717) is 27.2 Å². The van der Waals surface area contributed by atoms with Gasteiger partial charge in [0.1, 0.15) is 5.75 Å². The van der Waals surface area contributed by atoms with Gasteiger partial charge in [-0.2, -0.15) is 0 Å². The fraction of sp³-hybridized carbons (Fsp3) is 0.0769. The molecular weight excluding hydrogens is 431 g/mol. The normalized spacial score (nSPS) is 10.4. The molecular formula is C13H10Br2Cl2N2O. The van der Waals surface area contributed by atoms with Crippen LogP contribution in [-0.2, 0) is 0 Å². The van der Waals surface area contributed by atoms with Gasteiger partial charge in [-0.05, 0) is 50.1 Å². The molecule has 0 saturated heterocycles. The maximum absolute atomic E-state index is 6.16. The number of halogens is 4. The number of benzene rings is 2. The topological polar surface area (TPSA) is 47.3 Å². The van der Waals surface area contributed by atoms with E-state index < -0.39 is 0 Å². The first-order valence-electron chi connectivity index (χ1n) is 5.47. The minimum atomic E-state index is 0.448. The van der Waals surface area contributed by atoms with E-state index in [9.17, 15) is 0 Å². The molecule has 20 heavy (non-hydrogen) atoms. The van der Waals surface area contributed by atoms with E-state index in [1.165, 1.54) is 0 Å². The number of hydrogen-bond donors (Lipinski definition) is 2. The van der Waals surface area contributed by atoms with Gasteiger partial charge in [-0.15, -0.1) is 0 Å². The van der Waals surface area contributed by atoms with Crippen LogP contribution in [0.25, 0.3) is 0 Å². The summed E-state index contributed by atoms with van der Waals surface area (Å²) in [6, 6.07) is 6.98. The lowest BCUT2D eigenvalue weighted by Gasteiger charge is -2.14. The Morgan fingerprint density at radius 2 is 1.65 bits per heavy atom. The Balaban J connectivity index is 2.45. The van der Waals surface area contributed by atoms with Crippen LogP contribution < -0.4 is 15.8 Å². The molecule has 2 aromatic carbocycles. The van der Waals surface area contributed by atoms with E-state index in [-0.39, 0.29) is 0 Å². The minimum Gasteiger partial charge on any atom is -0.495 e. The molecule has 0 aliphatic rings. The number of methoxy groups -OCH3 is 1. The second kappa shape index (κ2) is 6.43. The summed E-state index contributed by atoms with van der Waals surface area (Å²) in [4.78, 5) is 0. The van der Waals surface area contributed by atoms with Gasteiger partial charge in [-0.3, -0.25) is 0 Å². The van der Waals surface area contributed by atoms with Crippen LogP contribution in [0.2, 0.25) is 10.0 Å². The van der Waals surface area contributed by atoms with Gasteiger partial charge in [0.05, 0.1) is 33.0 Å². The summed E-state index contributed by atoms with van der Waals surface area (Å²) in [5.41, 5.74) is 7.56. The van der Waals surface area contributed by atoms with Crippen LogP contribution in [0.15, 0.2) is 33.2 Å². The maximum Gasteiger partial charge on any atom is 0.135 e. The van der Waals surface area contributed by atoms with Crippen LogP contribution in [0, 0.1) is 0 Å². The molecule has 0 aliphatic heterocycles. The summed E-state index contributed by atoms with van der Waals surface area (Å²) in [5.74, 6) is 0.693. The van der Waals surface area contributed by atoms with Crippen LogP contribution >= 0.6 is 55.1 Å². The lowest BCUT2D eigenvalue weighted by atomic mass is 10.2. The Hall–Kier alpha value is -0.620. The van der Waals surface area contributed by atoms with Crippen molar-refractivity contribution in [2.24, 2.45) is 0 Å². The summed E-state index contributed by atoms with van der Waals surface area (Å²) in [7, 11) is 1.60. The van der Waals surface area contributed by atoms with Crippen molar-refractivity contribution in [3.8, 4) is 5.75 Å². The third-order valence-corrected chi connectivity index (χ3v) is 4.44. The quantitative estimate of drug-likeness (QED) is 0.588. The molecule has 7 heteroatoms. The number of nitrogen functional groups attached to an aromatic ring is 1. The lowest BCUT2D eigenvalue weighted by Crippen LogP contribution is -1.96. The molecule has 0 bridgehead atoms. The number of rotatable bonds is 3. The molecule has 0 radical (unpaired) electrons. The van der Waals surface area contributed by atoms with Crippen LogP contribution in [0.1, 0.15) is 0 Å². The monoisotopic (exact) mass is 438 g/mol. The molecule has 0 atom stereocenters. The molecule has 3 N–H and O–H groups in total. The number of nitrogens with one attached hydrogen (secondary N) is 1. The van der Waals surface area contributed by atoms with Crippen molar-refractivity contribution in [2.45, 2.75) is 0 Å². The predicted octanol–water partition coefficient (Wildman–Crippen LogP) is 5.85. The zero-order valence-corrected chi connectivity index (χ0v) is 15.0. The molecule has 0 aliphatic carbocycles. The fourth-order valence-electron chi connectivity index (χ4n) is 1.63. The SMILES string of the molecule is COc1cc(Nc2c(Cl)cc(N)cc2Cl)c(Br)cc1Br. The van der Waals surface area contributed by atoms with Crippen molar-refractivity contribution in [3.05, 3.63) is 43.3 Å². The van der Waals surface area contributed by atoms with Crippen LogP contribution in [-0.4, -0.2) is 7.11 Å². The fourth-order valence-corrected chi connectivity index (χ4v) is 3.48. The molecule has 2 rings (SSSR count). The van der Waals surface area contributed by atoms with Crippen molar-refractivity contribution < 1.29 is 4.74 Å². The van der Waals surface area contributed by atoms with Crippen molar-refractivity contribution in [3.63, 3.8) is 0 Å². The smallest absolute Gasteiger partial charge is 0.135 e. The van der Waals surface area contributed by atoms with E-state index in [1.54, 1.807) is 19.2 Å². The van der Waals surface area contributed by atoms with Crippen LogP contribution in [0.5, 0.6) is 5.75 Å². The first-order valence-corrected chi connectivity index (χ1v) is 7.81. The Morgan fingerprint density at radius 3 is 2.20 bits per heavy atom. The minimum absolute atomic E-state index is 0.448. The highest BCUT2D eigenvalue weighted by Gasteiger charge is 2.12. The van der Waals surface area contributed by atoms with E-state index in [4.69, 9.17) is 33.7 Å². The van der Waals surface area contributed by atoms with E-state index in [0.717, 1.165) is 14.6 Å². The molecule has 3 nitrogen and oxygen atoms in total. The van der Waals surface area contributed by atoms with E-state index in [1.807, 2.05) is 12.1 Å². The molecule has 0 saturated carbocycles. The molecule has 0 unspecified atom stereocenters. The molecule has 0 amide bonds. The lowest BCUT2D eigenvalue weighted by molar-refractivity contribution is 0.412. The van der Waals surface area contributed by atoms with Gasteiger partial charge in [0.15, 0.2) is 0 Å².